The molecule has 3 aromatic rings. The van der Waals surface area contributed by atoms with E-state index in [4.69, 9.17) is 0 Å². The highest BCUT2D eigenvalue weighted by Crippen LogP contribution is 2.36. The van der Waals surface area contributed by atoms with Crippen LogP contribution in [0.5, 0.6) is 0 Å². The van der Waals surface area contributed by atoms with Gasteiger partial charge in [-0.25, -0.2) is 0 Å². The van der Waals surface area contributed by atoms with E-state index in [0.29, 0.717) is 0 Å². The molecule has 3 rings (SSSR count). The van der Waals surface area contributed by atoms with Gasteiger partial charge in [-0.1, -0.05) is 73.0 Å². The summed E-state index contributed by atoms with van der Waals surface area (Å²) in [6, 6.07) is 21.5. The van der Waals surface area contributed by atoms with Gasteiger partial charge < -0.3 is 0 Å². The minimum atomic E-state index is 1.07. The van der Waals surface area contributed by atoms with Crippen molar-refractivity contribution < 1.29 is 0 Å². The average Bonchev–Trinajstić information content (AvgIpc) is 2.60. The van der Waals surface area contributed by atoms with Gasteiger partial charge in [-0.3, -0.25) is 0 Å². The van der Waals surface area contributed by atoms with Crippen molar-refractivity contribution in [2.24, 2.45) is 0 Å². The lowest BCUT2D eigenvalue weighted by Gasteiger charge is -2.19. The molecule has 0 aromatic heterocycles. The van der Waals surface area contributed by atoms with Gasteiger partial charge in [0.2, 0.25) is 0 Å². The fourth-order valence-electron chi connectivity index (χ4n) is 3.56. The maximum Gasteiger partial charge on any atom is -0.00583 e. The van der Waals surface area contributed by atoms with Crippen LogP contribution in [0.2, 0.25) is 0 Å². The Balaban J connectivity index is 2.25. The third-order valence-electron chi connectivity index (χ3n) is 5.03. The Kier molecular flexibility index (Phi) is 5.08. The molecule has 1 radical (unpaired) electrons. The molecular weight excluding hydrogens is 300 g/mol. The van der Waals surface area contributed by atoms with Crippen molar-refractivity contribution in [1.82, 2.24) is 0 Å². The fraction of sp³-hybridized carbons (Fsp3) is 0.280. The van der Waals surface area contributed by atoms with Gasteiger partial charge in [0, 0.05) is 0 Å². The van der Waals surface area contributed by atoms with Gasteiger partial charge in [0.25, 0.3) is 0 Å². The summed E-state index contributed by atoms with van der Waals surface area (Å²) in [6.07, 6.45) is 2.21. The van der Waals surface area contributed by atoms with E-state index in [9.17, 15) is 0 Å². The molecule has 0 heterocycles. The number of hydrogen-bond donors (Lipinski definition) is 0. The van der Waals surface area contributed by atoms with Crippen molar-refractivity contribution in [3.63, 3.8) is 0 Å². The molecule has 0 atom stereocenters. The molecule has 0 unspecified atom stereocenters. The van der Waals surface area contributed by atoms with Crippen molar-refractivity contribution in [1.29, 1.82) is 0 Å². The van der Waals surface area contributed by atoms with E-state index in [1.54, 1.807) is 0 Å². The van der Waals surface area contributed by atoms with Crippen LogP contribution in [0, 0.1) is 33.8 Å². The van der Waals surface area contributed by atoms with E-state index in [0.717, 1.165) is 12.8 Å². The monoisotopic (exact) mass is 327 g/mol. The summed E-state index contributed by atoms with van der Waals surface area (Å²) in [5, 5.41) is 0. The first kappa shape index (κ1) is 17.5. The maximum atomic E-state index is 3.74. The molecule has 0 saturated heterocycles. The molecule has 0 bridgehead atoms. The van der Waals surface area contributed by atoms with Gasteiger partial charge in [-0.2, -0.15) is 0 Å². The van der Waals surface area contributed by atoms with E-state index in [-0.39, 0.29) is 0 Å². The predicted molar refractivity (Wildman–Crippen MR) is 109 cm³/mol. The zero-order valence-corrected chi connectivity index (χ0v) is 16.0. The Morgan fingerprint density at radius 2 is 1.20 bits per heavy atom. The number of benzene rings is 3. The van der Waals surface area contributed by atoms with Crippen LogP contribution >= 0.6 is 0 Å². The van der Waals surface area contributed by atoms with Gasteiger partial charge in [-0.15, -0.1) is 0 Å². The first-order chi connectivity index (χ1) is 12.0. The summed E-state index contributed by atoms with van der Waals surface area (Å²) < 4.78 is 0. The molecule has 0 nitrogen and oxygen atoms in total. The molecule has 0 amide bonds. The fourth-order valence-corrected chi connectivity index (χ4v) is 3.56. The molecule has 127 valence electrons. The van der Waals surface area contributed by atoms with Gasteiger partial charge >= 0.3 is 0 Å². The lowest BCUT2D eigenvalue weighted by Crippen LogP contribution is -1.99. The third-order valence-corrected chi connectivity index (χ3v) is 5.03. The largest absolute Gasteiger partial charge is 0.0651 e. The van der Waals surface area contributed by atoms with Crippen molar-refractivity contribution in [3.05, 3.63) is 82.4 Å². The molecule has 0 aliphatic heterocycles. The number of hydrogen-bond acceptors (Lipinski definition) is 0. The minimum Gasteiger partial charge on any atom is -0.0651 e. The summed E-state index contributed by atoms with van der Waals surface area (Å²) in [6.45, 7) is 11.0. The van der Waals surface area contributed by atoms with Crippen LogP contribution in [0.4, 0.5) is 0 Å². The molecule has 0 heteroatoms. The van der Waals surface area contributed by atoms with Gasteiger partial charge in [0.1, 0.15) is 0 Å². The second-order valence-electron chi connectivity index (χ2n) is 7.09. The minimum absolute atomic E-state index is 1.07. The molecule has 0 aliphatic rings. The van der Waals surface area contributed by atoms with E-state index >= 15 is 0 Å². The van der Waals surface area contributed by atoms with Crippen LogP contribution in [-0.4, -0.2) is 0 Å². The summed E-state index contributed by atoms with van der Waals surface area (Å²) in [5.41, 5.74) is 11.8. The van der Waals surface area contributed by atoms with Crippen LogP contribution in [0.15, 0.2) is 48.5 Å². The molecular formula is C25H27. The van der Waals surface area contributed by atoms with Crippen LogP contribution < -0.4 is 0 Å². The van der Waals surface area contributed by atoms with Crippen molar-refractivity contribution in [2.45, 2.75) is 47.5 Å². The Morgan fingerprint density at radius 1 is 0.680 bits per heavy atom. The van der Waals surface area contributed by atoms with Gasteiger partial charge in [0.05, 0.1) is 0 Å². The zero-order chi connectivity index (χ0) is 18.0. The Morgan fingerprint density at radius 3 is 1.72 bits per heavy atom. The Bertz CT molecular complexity index is 865. The number of aryl methyl sites for hydroxylation is 3. The second-order valence-corrected chi connectivity index (χ2v) is 7.09. The zero-order valence-electron chi connectivity index (χ0n) is 16.0. The topological polar surface area (TPSA) is 0 Å². The quantitative estimate of drug-likeness (QED) is 0.483. The SMILES string of the molecule is CCCc1[c]c(-c2ccc(C)cc2)c(C)c(-c2ccc(C)cc2)c1C. The lowest BCUT2D eigenvalue weighted by molar-refractivity contribution is 0.911. The molecule has 0 saturated carbocycles. The highest BCUT2D eigenvalue weighted by atomic mass is 14.2. The summed E-state index contributed by atoms with van der Waals surface area (Å²) in [4.78, 5) is 0. The first-order valence-electron chi connectivity index (χ1n) is 9.20. The average molecular weight is 327 g/mol. The van der Waals surface area contributed by atoms with Crippen molar-refractivity contribution in [3.8, 4) is 22.3 Å². The molecule has 0 N–H and O–H groups in total. The maximum absolute atomic E-state index is 3.74. The molecule has 0 fully saturated rings. The highest BCUT2D eigenvalue weighted by molar-refractivity contribution is 5.81. The number of rotatable bonds is 4. The van der Waals surface area contributed by atoms with E-state index in [1.807, 2.05) is 0 Å². The highest BCUT2D eigenvalue weighted by Gasteiger charge is 2.15. The first-order valence-corrected chi connectivity index (χ1v) is 9.20. The van der Waals surface area contributed by atoms with E-state index < -0.39 is 0 Å². The standard InChI is InChI=1S/C25H27/c1-6-7-23-16-24(21-12-8-17(2)9-13-21)20(5)25(19(23)4)22-14-10-18(3)11-15-22/h8-15H,6-7H2,1-5H3. The van der Waals surface area contributed by atoms with Crippen molar-refractivity contribution >= 4 is 0 Å². The van der Waals surface area contributed by atoms with Crippen LogP contribution in [0.3, 0.4) is 0 Å². The van der Waals surface area contributed by atoms with Gasteiger partial charge in [-0.05, 0) is 79.1 Å². The summed E-state index contributed by atoms with van der Waals surface area (Å²) >= 11 is 0. The Labute approximate surface area is 152 Å². The second kappa shape index (κ2) is 7.27. The normalized spacial score (nSPS) is 10.9. The summed E-state index contributed by atoms with van der Waals surface area (Å²) in [5.74, 6) is 0. The van der Waals surface area contributed by atoms with Gasteiger partial charge in [0.15, 0.2) is 0 Å². The predicted octanol–water partition coefficient (Wildman–Crippen LogP) is 7.01. The lowest BCUT2D eigenvalue weighted by atomic mass is 9.85. The third kappa shape index (κ3) is 3.54. The molecule has 0 spiro atoms. The molecule has 3 aromatic carbocycles. The van der Waals surface area contributed by atoms with E-state index in [2.05, 4.69) is 89.2 Å². The van der Waals surface area contributed by atoms with E-state index in [1.165, 1.54) is 50.1 Å². The summed E-state index contributed by atoms with van der Waals surface area (Å²) in [7, 11) is 0. The smallest absolute Gasteiger partial charge is 0.00583 e. The van der Waals surface area contributed by atoms with Crippen LogP contribution in [-0.2, 0) is 6.42 Å². The van der Waals surface area contributed by atoms with Crippen molar-refractivity contribution in [2.75, 3.05) is 0 Å². The molecule has 25 heavy (non-hydrogen) atoms. The molecule has 0 aliphatic carbocycles. The van der Waals surface area contributed by atoms with Crippen LogP contribution in [0.25, 0.3) is 22.3 Å². The Hall–Kier alpha value is -2.34. The van der Waals surface area contributed by atoms with Crippen LogP contribution in [0.1, 0.15) is 41.2 Å².